The summed E-state index contributed by atoms with van der Waals surface area (Å²) in [6, 6.07) is 9.16. The summed E-state index contributed by atoms with van der Waals surface area (Å²) in [6.45, 7) is 3.56. The van der Waals surface area contributed by atoms with Gasteiger partial charge in [-0.15, -0.1) is 0 Å². The topological polar surface area (TPSA) is 34.1 Å². The summed E-state index contributed by atoms with van der Waals surface area (Å²) >= 11 is 0. The van der Waals surface area contributed by atoms with E-state index in [1.807, 2.05) is 37.3 Å². The third-order valence-electron chi connectivity index (χ3n) is 3.77. The first-order valence-corrected chi connectivity index (χ1v) is 6.78. The van der Waals surface area contributed by atoms with Crippen LogP contribution in [0.25, 0.3) is 0 Å². The molecule has 2 heteroatoms. The Morgan fingerprint density at radius 2 is 1.80 bits per heavy atom. The van der Waals surface area contributed by atoms with Gasteiger partial charge in [-0.3, -0.25) is 9.59 Å². The zero-order chi connectivity index (χ0) is 14.6. The zero-order valence-electron chi connectivity index (χ0n) is 11.8. The molecular formula is C18H18O2. The van der Waals surface area contributed by atoms with Crippen LogP contribution >= 0.6 is 0 Å². The minimum absolute atomic E-state index is 0.0260. The van der Waals surface area contributed by atoms with Gasteiger partial charge in [0.15, 0.2) is 5.78 Å². The van der Waals surface area contributed by atoms with Gasteiger partial charge < -0.3 is 0 Å². The Kier molecular flexibility index (Phi) is 4.14. The average Bonchev–Trinajstić information content (AvgIpc) is 2.70. The van der Waals surface area contributed by atoms with Crippen LogP contribution in [0.1, 0.15) is 30.6 Å². The number of hydrogen-bond acceptors (Lipinski definition) is 2. The van der Waals surface area contributed by atoms with E-state index in [0.717, 1.165) is 0 Å². The highest BCUT2D eigenvalue weighted by molar-refractivity contribution is 6.11. The number of benzene rings is 1. The van der Waals surface area contributed by atoms with Crippen LogP contribution < -0.4 is 0 Å². The first-order chi connectivity index (χ1) is 9.59. The molecule has 1 aromatic carbocycles. The van der Waals surface area contributed by atoms with E-state index in [2.05, 4.69) is 0 Å². The predicted octanol–water partition coefficient (Wildman–Crippen LogP) is 3.91. The van der Waals surface area contributed by atoms with Crippen molar-refractivity contribution in [1.29, 1.82) is 0 Å². The molecule has 0 aromatic heterocycles. The fourth-order valence-corrected chi connectivity index (χ4v) is 2.30. The highest BCUT2D eigenvalue weighted by atomic mass is 16.1. The van der Waals surface area contributed by atoms with Gasteiger partial charge >= 0.3 is 0 Å². The highest BCUT2D eigenvalue weighted by Crippen LogP contribution is 2.30. The monoisotopic (exact) mass is 266 g/mol. The van der Waals surface area contributed by atoms with Crippen molar-refractivity contribution in [2.75, 3.05) is 0 Å². The molecule has 0 saturated heterocycles. The SMILES string of the molecule is CCC1(C(C)=O)C=CC=C(C(=O)c2ccccc2)C=C1. The Labute approximate surface area is 119 Å². The van der Waals surface area contributed by atoms with Crippen molar-refractivity contribution in [2.24, 2.45) is 5.41 Å². The molecule has 2 rings (SSSR count). The molecule has 1 unspecified atom stereocenters. The van der Waals surface area contributed by atoms with Gasteiger partial charge in [0, 0.05) is 11.1 Å². The molecule has 0 bridgehead atoms. The molecule has 2 nitrogen and oxygen atoms in total. The minimum Gasteiger partial charge on any atom is -0.299 e. The molecule has 0 radical (unpaired) electrons. The molecule has 1 aromatic rings. The molecule has 0 aliphatic heterocycles. The summed E-state index contributed by atoms with van der Waals surface area (Å²) in [4.78, 5) is 24.2. The molecule has 0 saturated carbocycles. The van der Waals surface area contributed by atoms with Crippen LogP contribution in [0.5, 0.6) is 0 Å². The van der Waals surface area contributed by atoms with Gasteiger partial charge in [-0.25, -0.2) is 0 Å². The van der Waals surface area contributed by atoms with E-state index in [1.54, 1.807) is 37.3 Å². The molecule has 102 valence electrons. The summed E-state index contributed by atoms with van der Waals surface area (Å²) in [5, 5.41) is 0. The molecular weight excluding hydrogens is 248 g/mol. The van der Waals surface area contributed by atoms with Crippen molar-refractivity contribution in [3.8, 4) is 0 Å². The molecule has 0 amide bonds. The van der Waals surface area contributed by atoms with Crippen LogP contribution in [0, 0.1) is 5.41 Å². The number of carbonyl (C=O) groups is 2. The van der Waals surface area contributed by atoms with E-state index < -0.39 is 5.41 Å². The second-order valence-corrected chi connectivity index (χ2v) is 4.96. The quantitative estimate of drug-likeness (QED) is 0.774. The van der Waals surface area contributed by atoms with Crippen molar-refractivity contribution < 1.29 is 9.59 Å². The van der Waals surface area contributed by atoms with E-state index in [-0.39, 0.29) is 11.6 Å². The van der Waals surface area contributed by atoms with E-state index >= 15 is 0 Å². The number of carbonyl (C=O) groups excluding carboxylic acids is 2. The largest absolute Gasteiger partial charge is 0.299 e. The number of rotatable bonds is 4. The van der Waals surface area contributed by atoms with Crippen molar-refractivity contribution in [1.82, 2.24) is 0 Å². The maximum atomic E-state index is 12.4. The first kappa shape index (κ1) is 14.2. The van der Waals surface area contributed by atoms with Crippen molar-refractivity contribution >= 4 is 11.6 Å². The third kappa shape index (κ3) is 2.69. The number of ketones is 2. The second-order valence-electron chi connectivity index (χ2n) is 4.96. The molecule has 0 heterocycles. The molecule has 0 fully saturated rings. The maximum Gasteiger partial charge on any atom is 0.193 e. The molecule has 1 atom stereocenters. The van der Waals surface area contributed by atoms with Crippen LogP contribution in [0.3, 0.4) is 0 Å². The Morgan fingerprint density at radius 3 is 2.40 bits per heavy atom. The maximum absolute atomic E-state index is 12.4. The van der Waals surface area contributed by atoms with E-state index in [4.69, 9.17) is 0 Å². The van der Waals surface area contributed by atoms with Crippen molar-refractivity contribution in [3.63, 3.8) is 0 Å². The highest BCUT2D eigenvalue weighted by Gasteiger charge is 2.28. The van der Waals surface area contributed by atoms with Gasteiger partial charge in [0.05, 0.1) is 5.41 Å². The van der Waals surface area contributed by atoms with Crippen LogP contribution in [0.2, 0.25) is 0 Å². The van der Waals surface area contributed by atoms with Gasteiger partial charge in [0.2, 0.25) is 0 Å². The molecule has 1 aliphatic carbocycles. The van der Waals surface area contributed by atoms with Gasteiger partial charge in [0.1, 0.15) is 5.78 Å². The molecule has 20 heavy (non-hydrogen) atoms. The fraction of sp³-hybridized carbons (Fsp3) is 0.222. The van der Waals surface area contributed by atoms with Crippen molar-refractivity contribution in [2.45, 2.75) is 20.3 Å². The number of Topliss-reactive ketones (excluding diaryl/α,β-unsaturated/α-hetero) is 2. The predicted molar refractivity (Wildman–Crippen MR) is 80.5 cm³/mol. The van der Waals surface area contributed by atoms with E-state index in [0.29, 0.717) is 17.6 Å². The summed E-state index contributed by atoms with van der Waals surface area (Å²) in [7, 11) is 0. The Bertz CT molecular complexity index is 606. The zero-order valence-corrected chi connectivity index (χ0v) is 11.8. The Morgan fingerprint density at radius 1 is 1.10 bits per heavy atom. The standard InChI is InChI=1S/C18H18O2/c1-3-18(14(2)19)12-7-10-16(11-13-18)17(20)15-8-5-4-6-9-15/h4-13H,3H2,1-2H3. The van der Waals surface area contributed by atoms with Crippen LogP contribution in [0.4, 0.5) is 0 Å². The minimum atomic E-state index is -0.588. The summed E-state index contributed by atoms with van der Waals surface area (Å²) in [5.41, 5.74) is 0.669. The van der Waals surface area contributed by atoms with Gasteiger partial charge in [-0.1, -0.05) is 67.6 Å². The smallest absolute Gasteiger partial charge is 0.193 e. The van der Waals surface area contributed by atoms with Crippen LogP contribution in [0.15, 0.2) is 66.3 Å². The lowest BCUT2D eigenvalue weighted by Crippen LogP contribution is -2.23. The van der Waals surface area contributed by atoms with Gasteiger partial charge in [-0.2, -0.15) is 0 Å². The van der Waals surface area contributed by atoms with Crippen LogP contribution in [-0.4, -0.2) is 11.6 Å². The summed E-state index contributed by atoms with van der Waals surface area (Å²) in [5.74, 6) is 0.0660. The van der Waals surface area contributed by atoms with E-state index in [1.165, 1.54) is 0 Å². The fourth-order valence-electron chi connectivity index (χ4n) is 2.30. The molecule has 1 aliphatic rings. The lowest BCUT2D eigenvalue weighted by atomic mass is 9.81. The normalized spacial score (nSPS) is 21.2. The Hall–Kier alpha value is -2.22. The molecule has 0 N–H and O–H groups in total. The number of hydrogen-bond donors (Lipinski definition) is 0. The second kappa shape index (κ2) is 5.83. The van der Waals surface area contributed by atoms with Gasteiger partial charge in [-0.05, 0) is 13.3 Å². The lowest BCUT2D eigenvalue weighted by molar-refractivity contribution is -0.122. The Balaban J connectivity index is 2.32. The first-order valence-electron chi connectivity index (χ1n) is 6.78. The number of allylic oxidation sites excluding steroid dienone is 6. The van der Waals surface area contributed by atoms with Crippen LogP contribution in [-0.2, 0) is 4.79 Å². The summed E-state index contributed by atoms with van der Waals surface area (Å²) < 4.78 is 0. The van der Waals surface area contributed by atoms with E-state index in [9.17, 15) is 9.59 Å². The van der Waals surface area contributed by atoms with Gasteiger partial charge in [0.25, 0.3) is 0 Å². The van der Waals surface area contributed by atoms with Crippen molar-refractivity contribution in [3.05, 3.63) is 71.8 Å². The summed E-state index contributed by atoms with van der Waals surface area (Å²) in [6.07, 6.45) is 9.74. The third-order valence-corrected chi connectivity index (χ3v) is 3.77. The molecule has 0 spiro atoms. The lowest BCUT2D eigenvalue weighted by Gasteiger charge is -2.21. The average molecular weight is 266 g/mol.